The number of nitrogens with zero attached hydrogens (tertiary/aromatic N) is 1. The zero-order valence-electron chi connectivity index (χ0n) is 13.3. The Morgan fingerprint density at radius 3 is 2.62 bits per heavy atom. The molecule has 0 aromatic carbocycles. The molecule has 1 rings (SSSR count). The highest BCUT2D eigenvalue weighted by Crippen LogP contribution is 2.06. The van der Waals surface area contributed by atoms with Gasteiger partial charge in [0, 0.05) is 19.1 Å². The molecule has 21 heavy (non-hydrogen) atoms. The van der Waals surface area contributed by atoms with Crippen molar-refractivity contribution in [1.82, 2.24) is 20.9 Å². The van der Waals surface area contributed by atoms with E-state index in [1.54, 1.807) is 0 Å². The van der Waals surface area contributed by atoms with Gasteiger partial charge in [0.2, 0.25) is 11.8 Å². The van der Waals surface area contributed by atoms with Crippen molar-refractivity contribution in [3.63, 3.8) is 0 Å². The van der Waals surface area contributed by atoms with Crippen molar-refractivity contribution >= 4 is 17.8 Å². The second kappa shape index (κ2) is 7.28. The standard InChI is InChI=1S/C14H26N4O3/c1-14(2,3)17-11(19)9-18(4)13(21)16-10-7-5-6-8-15-12(10)20/h10H,5-9H2,1-4H3,(H,15,20)(H,16,21)(H,17,19)/t10-/m1/s1. The second-order valence-electron chi connectivity index (χ2n) is 6.44. The van der Waals surface area contributed by atoms with E-state index in [1.165, 1.54) is 11.9 Å². The highest BCUT2D eigenvalue weighted by Gasteiger charge is 2.24. The van der Waals surface area contributed by atoms with E-state index in [0.717, 1.165) is 12.8 Å². The van der Waals surface area contributed by atoms with Crippen LogP contribution in [0.2, 0.25) is 0 Å². The van der Waals surface area contributed by atoms with Crippen molar-refractivity contribution in [2.75, 3.05) is 20.1 Å². The average molecular weight is 298 g/mol. The Hall–Kier alpha value is -1.79. The third kappa shape index (κ3) is 6.46. The maximum atomic E-state index is 12.0. The Balaban J connectivity index is 2.46. The molecule has 0 bridgehead atoms. The van der Waals surface area contributed by atoms with Gasteiger partial charge in [0.25, 0.3) is 0 Å². The van der Waals surface area contributed by atoms with Crippen molar-refractivity contribution < 1.29 is 14.4 Å². The van der Waals surface area contributed by atoms with E-state index in [1.807, 2.05) is 20.8 Å². The van der Waals surface area contributed by atoms with Crippen molar-refractivity contribution in [1.29, 1.82) is 0 Å². The molecule has 1 aliphatic heterocycles. The second-order valence-corrected chi connectivity index (χ2v) is 6.44. The third-order valence-corrected chi connectivity index (χ3v) is 3.07. The molecule has 1 aliphatic rings. The molecule has 0 aliphatic carbocycles. The average Bonchev–Trinajstić information content (AvgIpc) is 2.52. The Kier molecular flexibility index (Phi) is 5.99. The summed E-state index contributed by atoms with van der Waals surface area (Å²) in [6.45, 7) is 6.23. The third-order valence-electron chi connectivity index (χ3n) is 3.07. The van der Waals surface area contributed by atoms with E-state index in [4.69, 9.17) is 0 Å². The van der Waals surface area contributed by atoms with E-state index in [-0.39, 0.29) is 23.9 Å². The molecule has 0 aromatic rings. The molecule has 1 heterocycles. The summed E-state index contributed by atoms with van der Waals surface area (Å²) in [4.78, 5) is 36.8. The van der Waals surface area contributed by atoms with Gasteiger partial charge in [-0.25, -0.2) is 4.79 Å². The van der Waals surface area contributed by atoms with Gasteiger partial charge >= 0.3 is 6.03 Å². The Morgan fingerprint density at radius 2 is 2.00 bits per heavy atom. The lowest BCUT2D eigenvalue weighted by Crippen LogP contribution is -2.52. The highest BCUT2D eigenvalue weighted by molar-refractivity contribution is 5.89. The first kappa shape index (κ1) is 17.3. The predicted molar refractivity (Wildman–Crippen MR) is 79.7 cm³/mol. The molecule has 1 saturated heterocycles. The number of nitrogens with one attached hydrogen (secondary N) is 3. The maximum Gasteiger partial charge on any atom is 0.318 e. The topological polar surface area (TPSA) is 90.5 Å². The summed E-state index contributed by atoms with van der Waals surface area (Å²) in [5, 5.41) is 8.22. The fourth-order valence-electron chi connectivity index (χ4n) is 2.08. The molecule has 1 atom stereocenters. The molecule has 7 nitrogen and oxygen atoms in total. The Morgan fingerprint density at radius 1 is 1.33 bits per heavy atom. The minimum Gasteiger partial charge on any atom is -0.354 e. The summed E-state index contributed by atoms with van der Waals surface area (Å²) < 4.78 is 0. The highest BCUT2D eigenvalue weighted by atomic mass is 16.2. The fourth-order valence-corrected chi connectivity index (χ4v) is 2.08. The number of urea groups is 1. The molecule has 1 fully saturated rings. The first-order valence-electron chi connectivity index (χ1n) is 7.29. The Labute approximate surface area is 125 Å². The van der Waals surface area contributed by atoms with Gasteiger partial charge in [-0.15, -0.1) is 0 Å². The minimum absolute atomic E-state index is 0.0442. The molecule has 0 unspecified atom stereocenters. The molecular weight excluding hydrogens is 272 g/mol. The van der Waals surface area contributed by atoms with Gasteiger partial charge in [-0.1, -0.05) is 0 Å². The van der Waals surface area contributed by atoms with Gasteiger partial charge in [0.1, 0.15) is 12.6 Å². The quantitative estimate of drug-likeness (QED) is 0.696. The van der Waals surface area contributed by atoms with Crippen LogP contribution in [0.15, 0.2) is 0 Å². The van der Waals surface area contributed by atoms with Crippen molar-refractivity contribution in [3.05, 3.63) is 0 Å². The fraction of sp³-hybridized carbons (Fsp3) is 0.786. The SMILES string of the molecule is CN(CC(=O)NC(C)(C)C)C(=O)N[C@@H]1CCCCNC1=O. The molecular formula is C14H26N4O3. The van der Waals surface area contributed by atoms with Crippen molar-refractivity contribution in [2.45, 2.75) is 51.6 Å². The van der Waals surface area contributed by atoms with Crippen molar-refractivity contribution in [3.8, 4) is 0 Å². The monoisotopic (exact) mass is 298 g/mol. The van der Waals surface area contributed by atoms with Gasteiger partial charge in [-0.2, -0.15) is 0 Å². The van der Waals surface area contributed by atoms with Crippen LogP contribution in [-0.2, 0) is 9.59 Å². The van der Waals surface area contributed by atoms with Crippen LogP contribution in [0.3, 0.4) is 0 Å². The van der Waals surface area contributed by atoms with Gasteiger partial charge < -0.3 is 20.9 Å². The van der Waals surface area contributed by atoms with Crippen LogP contribution in [0.1, 0.15) is 40.0 Å². The summed E-state index contributed by atoms with van der Waals surface area (Å²) in [5.74, 6) is -0.390. The van der Waals surface area contributed by atoms with Crippen LogP contribution in [0.4, 0.5) is 4.79 Å². The molecule has 4 amide bonds. The van der Waals surface area contributed by atoms with Gasteiger partial charge in [0.15, 0.2) is 0 Å². The summed E-state index contributed by atoms with van der Waals surface area (Å²) in [6, 6.07) is -0.936. The normalized spacial score (nSPS) is 19.2. The minimum atomic E-state index is -0.520. The van der Waals surface area contributed by atoms with Crippen LogP contribution >= 0.6 is 0 Å². The van der Waals surface area contributed by atoms with E-state index in [2.05, 4.69) is 16.0 Å². The summed E-state index contributed by atoms with van der Waals surface area (Å²) in [5.41, 5.74) is -0.338. The van der Waals surface area contributed by atoms with E-state index in [9.17, 15) is 14.4 Å². The van der Waals surface area contributed by atoms with Crippen LogP contribution in [0.25, 0.3) is 0 Å². The maximum absolute atomic E-state index is 12.0. The number of carbonyl (C=O) groups excluding carboxylic acids is 3. The lowest BCUT2D eigenvalue weighted by molar-refractivity contribution is -0.123. The molecule has 0 saturated carbocycles. The zero-order chi connectivity index (χ0) is 16.0. The first-order valence-corrected chi connectivity index (χ1v) is 7.29. The summed E-state index contributed by atoms with van der Waals surface area (Å²) in [7, 11) is 1.53. The largest absolute Gasteiger partial charge is 0.354 e. The van der Waals surface area contributed by atoms with Gasteiger partial charge in [-0.05, 0) is 40.0 Å². The van der Waals surface area contributed by atoms with E-state index in [0.29, 0.717) is 13.0 Å². The van der Waals surface area contributed by atoms with Crippen LogP contribution in [0, 0.1) is 0 Å². The molecule has 0 radical (unpaired) electrons. The number of carbonyl (C=O) groups is 3. The lowest BCUT2D eigenvalue weighted by atomic mass is 10.1. The number of hydrogen-bond acceptors (Lipinski definition) is 3. The number of amides is 4. The van der Waals surface area contributed by atoms with Gasteiger partial charge in [0.05, 0.1) is 0 Å². The van der Waals surface area contributed by atoms with Crippen LogP contribution in [-0.4, -0.2) is 54.5 Å². The number of hydrogen-bond donors (Lipinski definition) is 3. The lowest BCUT2D eigenvalue weighted by Gasteiger charge is -2.25. The molecule has 0 aromatic heterocycles. The first-order chi connectivity index (χ1) is 9.69. The number of likely N-dealkylation sites (N-methyl/N-ethyl adjacent to an activating group) is 1. The van der Waals surface area contributed by atoms with Gasteiger partial charge in [-0.3, -0.25) is 9.59 Å². The predicted octanol–water partition coefficient (Wildman–Crippen LogP) is 0.211. The molecule has 120 valence electrons. The summed E-state index contributed by atoms with van der Waals surface area (Å²) >= 11 is 0. The van der Waals surface area contributed by atoms with Crippen molar-refractivity contribution in [2.24, 2.45) is 0 Å². The van der Waals surface area contributed by atoms with Crippen LogP contribution in [0.5, 0.6) is 0 Å². The molecule has 0 spiro atoms. The van der Waals surface area contributed by atoms with E-state index < -0.39 is 12.1 Å². The smallest absolute Gasteiger partial charge is 0.318 e. The molecule has 7 heteroatoms. The molecule has 3 N–H and O–H groups in total. The zero-order valence-corrected chi connectivity index (χ0v) is 13.3. The Bertz CT molecular complexity index is 404. The number of rotatable bonds is 3. The van der Waals surface area contributed by atoms with Crippen LogP contribution < -0.4 is 16.0 Å². The summed E-state index contributed by atoms with van der Waals surface area (Å²) in [6.07, 6.45) is 2.43. The van der Waals surface area contributed by atoms with E-state index >= 15 is 0 Å².